The number of imidazole rings is 1. The Labute approximate surface area is 168 Å². The van der Waals surface area contributed by atoms with Crippen molar-refractivity contribution in [2.45, 2.75) is 33.4 Å². The Balaban J connectivity index is 1.65. The Bertz CT molecular complexity index is 996. The largest absolute Gasteiger partial charge is 0.458 e. The predicted molar refractivity (Wildman–Crippen MR) is 107 cm³/mol. The van der Waals surface area contributed by atoms with E-state index in [1.807, 2.05) is 32.9 Å². The van der Waals surface area contributed by atoms with Crippen molar-refractivity contribution in [1.82, 2.24) is 14.7 Å². The van der Waals surface area contributed by atoms with Crippen LogP contribution >= 0.6 is 11.6 Å². The number of nitrogens with one attached hydrogen (secondary N) is 1. The number of esters is 1. The molecule has 0 saturated carbocycles. The quantitative estimate of drug-likeness (QED) is 0.640. The fourth-order valence-corrected chi connectivity index (χ4v) is 2.92. The van der Waals surface area contributed by atoms with E-state index in [9.17, 15) is 9.59 Å². The molecule has 3 aromatic rings. The van der Waals surface area contributed by atoms with E-state index in [-0.39, 0.29) is 18.4 Å². The molecule has 1 atom stereocenters. The lowest BCUT2D eigenvalue weighted by Gasteiger charge is -2.20. The van der Waals surface area contributed by atoms with Gasteiger partial charge >= 0.3 is 5.97 Å². The molecule has 0 saturated heterocycles. The van der Waals surface area contributed by atoms with Gasteiger partial charge in [-0.3, -0.25) is 4.79 Å². The standard InChI is InChI=1S/C21H22ClN3O3/c1-13(2)19(24-20(26)15-6-4-14(3)5-7-15)21(27)28-12-17-11-25-10-16(22)8-9-18(25)23-17/h4-11,13,19H,12H2,1-3H3,(H,24,26)/t19-/m0/s1. The number of aromatic nitrogens is 2. The van der Waals surface area contributed by atoms with Crippen LogP contribution in [-0.4, -0.2) is 27.3 Å². The molecule has 0 unspecified atom stereocenters. The van der Waals surface area contributed by atoms with E-state index in [0.717, 1.165) is 5.56 Å². The first-order valence-corrected chi connectivity index (χ1v) is 9.38. The summed E-state index contributed by atoms with van der Waals surface area (Å²) in [6, 6.07) is 9.95. The molecule has 0 aliphatic carbocycles. The first-order chi connectivity index (χ1) is 13.3. The van der Waals surface area contributed by atoms with Gasteiger partial charge in [-0.05, 0) is 37.1 Å². The summed E-state index contributed by atoms with van der Waals surface area (Å²) in [6.45, 7) is 5.67. The van der Waals surface area contributed by atoms with Crippen LogP contribution in [0.3, 0.4) is 0 Å². The molecule has 0 fully saturated rings. The fourth-order valence-electron chi connectivity index (χ4n) is 2.75. The van der Waals surface area contributed by atoms with Gasteiger partial charge in [0.05, 0.1) is 10.7 Å². The van der Waals surface area contributed by atoms with Crippen molar-refractivity contribution >= 4 is 29.1 Å². The normalized spacial score (nSPS) is 12.2. The monoisotopic (exact) mass is 399 g/mol. The number of aryl methyl sites for hydroxylation is 1. The number of carbonyl (C=O) groups excluding carboxylic acids is 2. The summed E-state index contributed by atoms with van der Waals surface area (Å²) < 4.78 is 7.17. The average Bonchev–Trinajstić information content (AvgIpc) is 3.06. The predicted octanol–water partition coefficient (Wildman–Crippen LogP) is 3.79. The summed E-state index contributed by atoms with van der Waals surface area (Å²) in [5.74, 6) is -0.926. The lowest BCUT2D eigenvalue weighted by molar-refractivity contribution is -0.148. The number of ether oxygens (including phenoxy) is 1. The number of amides is 1. The summed E-state index contributed by atoms with van der Waals surface area (Å²) in [6.07, 6.45) is 3.48. The van der Waals surface area contributed by atoms with Crippen molar-refractivity contribution in [3.8, 4) is 0 Å². The van der Waals surface area contributed by atoms with Crippen molar-refractivity contribution in [3.63, 3.8) is 0 Å². The third-order valence-corrected chi connectivity index (χ3v) is 4.57. The molecular weight excluding hydrogens is 378 g/mol. The minimum atomic E-state index is -0.750. The molecule has 0 radical (unpaired) electrons. The van der Waals surface area contributed by atoms with Crippen LogP contribution in [-0.2, 0) is 16.1 Å². The summed E-state index contributed by atoms with van der Waals surface area (Å²) >= 11 is 5.97. The molecule has 1 N–H and O–H groups in total. The topological polar surface area (TPSA) is 72.7 Å². The smallest absolute Gasteiger partial charge is 0.329 e. The third-order valence-electron chi connectivity index (χ3n) is 4.35. The van der Waals surface area contributed by atoms with Crippen molar-refractivity contribution in [2.75, 3.05) is 0 Å². The number of halogens is 1. The van der Waals surface area contributed by atoms with E-state index in [1.54, 1.807) is 41.1 Å². The molecule has 0 spiro atoms. The molecule has 1 aromatic carbocycles. The number of carbonyl (C=O) groups is 2. The van der Waals surface area contributed by atoms with Gasteiger partial charge in [-0.15, -0.1) is 0 Å². The second-order valence-corrected chi connectivity index (χ2v) is 7.45. The van der Waals surface area contributed by atoms with Crippen LogP contribution in [0.25, 0.3) is 5.65 Å². The van der Waals surface area contributed by atoms with E-state index in [4.69, 9.17) is 16.3 Å². The highest BCUT2D eigenvalue weighted by Gasteiger charge is 2.26. The van der Waals surface area contributed by atoms with Gasteiger partial charge in [0.1, 0.15) is 18.3 Å². The van der Waals surface area contributed by atoms with Crippen LogP contribution in [0.2, 0.25) is 5.02 Å². The molecular formula is C21H22ClN3O3. The lowest BCUT2D eigenvalue weighted by atomic mass is 10.0. The van der Waals surface area contributed by atoms with Gasteiger partial charge in [0.25, 0.3) is 5.91 Å². The summed E-state index contributed by atoms with van der Waals surface area (Å²) in [4.78, 5) is 29.4. The summed E-state index contributed by atoms with van der Waals surface area (Å²) in [5, 5.41) is 3.36. The van der Waals surface area contributed by atoms with Crippen LogP contribution in [0.1, 0.15) is 35.5 Å². The van der Waals surface area contributed by atoms with E-state index in [1.165, 1.54) is 0 Å². The van der Waals surface area contributed by atoms with Crippen LogP contribution in [0.4, 0.5) is 0 Å². The van der Waals surface area contributed by atoms with Gasteiger partial charge in [0, 0.05) is 18.0 Å². The van der Waals surface area contributed by atoms with Crippen LogP contribution in [0.15, 0.2) is 48.8 Å². The Morgan fingerprint density at radius 3 is 2.54 bits per heavy atom. The number of hydrogen-bond donors (Lipinski definition) is 1. The van der Waals surface area contributed by atoms with Gasteiger partial charge in [-0.2, -0.15) is 0 Å². The van der Waals surface area contributed by atoms with Crippen molar-refractivity contribution in [1.29, 1.82) is 0 Å². The van der Waals surface area contributed by atoms with Gasteiger partial charge < -0.3 is 14.5 Å². The number of fused-ring (bicyclic) bond motifs is 1. The number of nitrogens with zero attached hydrogens (tertiary/aromatic N) is 2. The van der Waals surface area contributed by atoms with Crippen LogP contribution < -0.4 is 5.32 Å². The van der Waals surface area contributed by atoms with Gasteiger partial charge in [0.15, 0.2) is 0 Å². The Hall–Kier alpha value is -2.86. The molecule has 2 heterocycles. The molecule has 1 amide bonds. The number of rotatable bonds is 6. The molecule has 0 aliphatic rings. The lowest BCUT2D eigenvalue weighted by Crippen LogP contribution is -2.45. The highest BCUT2D eigenvalue weighted by molar-refractivity contribution is 6.30. The molecule has 28 heavy (non-hydrogen) atoms. The number of benzene rings is 1. The van der Waals surface area contributed by atoms with Crippen LogP contribution in [0.5, 0.6) is 0 Å². The maximum Gasteiger partial charge on any atom is 0.329 e. The van der Waals surface area contributed by atoms with Gasteiger partial charge in [-0.1, -0.05) is 43.1 Å². The number of hydrogen-bond acceptors (Lipinski definition) is 4. The molecule has 6 nitrogen and oxygen atoms in total. The summed E-state index contributed by atoms with van der Waals surface area (Å²) in [5.41, 5.74) is 2.87. The van der Waals surface area contributed by atoms with Gasteiger partial charge in [0.2, 0.25) is 0 Å². The zero-order chi connectivity index (χ0) is 20.3. The maximum absolute atomic E-state index is 12.6. The highest BCUT2D eigenvalue weighted by atomic mass is 35.5. The maximum atomic E-state index is 12.6. The van der Waals surface area contributed by atoms with Crippen LogP contribution in [0, 0.1) is 12.8 Å². The Morgan fingerprint density at radius 1 is 1.14 bits per heavy atom. The molecule has 146 valence electrons. The van der Waals surface area contributed by atoms with E-state index in [0.29, 0.717) is 21.9 Å². The van der Waals surface area contributed by atoms with Crippen molar-refractivity contribution < 1.29 is 14.3 Å². The molecule has 0 bridgehead atoms. The second-order valence-electron chi connectivity index (χ2n) is 7.01. The highest BCUT2D eigenvalue weighted by Crippen LogP contribution is 2.13. The molecule has 7 heteroatoms. The average molecular weight is 400 g/mol. The molecule has 2 aromatic heterocycles. The molecule has 3 rings (SSSR count). The van der Waals surface area contributed by atoms with E-state index < -0.39 is 12.0 Å². The molecule has 0 aliphatic heterocycles. The Morgan fingerprint density at radius 2 is 1.86 bits per heavy atom. The minimum absolute atomic E-state index is 0.0156. The second kappa shape index (κ2) is 8.44. The zero-order valence-corrected chi connectivity index (χ0v) is 16.7. The summed E-state index contributed by atoms with van der Waals surface area (Å²) in [7, 11) is 0. The minimum Gasteiger partial charge on any atom is -0.458 e. The first-order valence-electron chi connectivity index (χ1n) is 9.01. The van der Waals surface area contributed by atoms with E-state index in [2.05, 4.69) is 10.3 Å². The fraction of sp³-hybridized carbons (Fsp3) is 0.286. The number of pyridine rings is 1. The Kier molecular flexibility index (Phi) is 5.99. The third kappa shape index (κ3) is 4.70. The zero-order valence-electron chi connectivity index (χ0n) is 16.0. The first kappa shape index (κ1) is 19.9. The van der Waals surface area contributed by atoms with E-state index >= 15 is 0 Å². The van der Waals surface area contributed by atoms with Crippen molar-refractivity contribution in [3.05, 3.63) is 70.6 Å². The van der Waals surface area contributed by atoms with Gasteiger partial charge in [-0.25, -0.2) is 9.78 Å². The SMILES string of the molecule is Cc1ccc(C(=O)N[C@H](C(=O)OCc2cn3cc(Cl)ccc3n2)C(C)C)cc1. The van der Waals surface area contributed by atoms with Crippen molar-refractivity contribution in [2.24, 2.45) is 5.92 Å².